The van der Waals surface area contributed by atoms with E-state index in [9.17, 15) is 23.6 Å². The number of nitro benzene ring substituents is 1. The summed E-state index contributed by atoms with van der Waals surface area (Å²) >= 11 is 0. The van der Waals surface area contributed by atoms with Crippen LogP contribution in [0.25, 0.3) is 10.9 Å². The zero-order valence-corrected chi connectivity index (χ0v) is 15.0. The van der Waals surface area contributed by atoms with Crippen molar-refractivity contribution >= 4 is 26.6 Å². The van der Waals surface area contributed by atoms with E-state index >= 15 is 0 Å². The molecule has 0 saturated heterocycles. The van der Waals surface area contributed by atoms with Crippen LogP contribution < -0.4 is 0 Å². The zero-order chi connectivity index (χ0) is 19.2. The summed E-state index contributed by atoms with van der Waals surface area (Å²) in [5, 5.41) is 21.6. The first kappa shape index (κ1) is 17.7. The van der Waals surface area contributed by atoms with Crippen molar-refractivity contribution in [3.63, 3.8) is 0 Å². The first-order valence-corrected chi connectivity index (χ1v) is 9.81. The van der Waals surface area contributed by atoms with E-state index in [2.05, 4.69) is 4.98 Å². The van der Waals surface area contributed by atoms with Crippen LogP contribution in [0.4, 0.5) is 5.69 Å². The summed E-state index contributed by atoms with van der Waals surface area (Å²) < 4.78 is 27.4. The van der Waals surface area contributed by atoms with Gasteiger partial charge in [0.1, 0.15) is 0 Å². The minimum absolute atomic E-state index is 0.0360. The summed E-state index contributed by atoms with van der Waals surface area (Å²) in [6.07, 6.45) is 0.391. The van der Waals surface area contributed by atoms with E-state index in [1.54, 1.807) is 0 Å². The van der Waals surface area contributed by atoms with E-state index in [0.29, 0.717) is 6.42 Å². The Hall–Kier alpha value is -2.75. The normalized spacial score (nSPS) is 17.7. The van der Waals surface area contributed by atoms with Crippen molar-refractivity contribution in [2.75, 3.05) is 6.61 Å². The number of aromatic nitrogens is 1. The summed E-state index contributed by atoms with van der Waals surface area (Å²) in [5.41, 5.74) is 2.56. The van der Waals surface area contributed by atoms with E-state index in [0.717, 1.165) is 22.2 Å². The number of benzene rings is 2. The molecule has 0 spiro atoms. The number of rotatable bonds is 4. The van der Waals surface area contributed by atoms with Crippen molar-refractivity contribution in [1.29, 1.82) is 0 Å². The lowest BCUT2D eigenvalue weighted by Gasteiger charge is -2.33. The SMILES string of the molecule is O=[N+]([O-])c1ccc(S(=O)(=O)N2Cc3[nH]c4ccccc4c3CC2CO)cc1. The molecule has 8 nitrogen and oxygen atoms in total. The highest BCUT2D eigenvalue weighted by Gasteiger charge is 2.37. The minimum Gasteiger partial charge on any atom is -0.395 e. The molecular formula is C18H17N3O5S. The van der Waals surface area contributed by atoms with Gasteiger partial charge in [-0.05, 0) is 30.2 Å². The smallest absolute Gasteiger partial charge is 0.269 e. The maximum atomic E-state index is 13.1. The predicted molar refractivity (Wildman–Crippen MR) is 98.7 cm³/mol. The summed E-state index contributed by atoms with van der Waals surface area (Å²) in [7, 11) is -3.92. The van der Waals surface area contributed by atoms with Gasteiger partial charge in [0.15, 0.2) is 0 Å². The predicted octanol–water partition coefficient (Wildman–Crippen LogP) is 2.18. The quantitative estimate of drug-likeness (QED) is 0.526. The van der Waals surface area contributed by atoms with Crippen LogP contribution in [0, 0.1) is 10.1 Å². The molecule has 0 saturated carbocycles. The average Bonchev–Trinajstić information content (AvgIpc) is 3.04. The Morgan fingerprint density at radius 2 is 1.89 bits per heavy atom. The number of aliphatic hydroxyl groups excluding tert-OH is 1. The molecule has 1 aliphatic rings. The third kappa shape index (κ3) is 2.89. The summed E-state index contributed by atoms with van der Waals surface area (Å²) in [6.45, 7) is -0.209. The van der Waals surface area contributed by atoms with Crippen LogP contribution in [-0.2, 0) is 23.0 Å². The highest BCUT2D eigenvalue weighted by Crippen LogP contribution is 2.33. The van der Waals surface area contributed by atoms with E-state index in [-0.39, 0.29) is 23.7 Å². The molecule has 3 aromatic rings. The molecule has 2 heterocycles. The third-order valence-electron chi connectivity index (χ3n) is 4.93. The van der Waals surface area contributed by atoms with Gasteiger partial charge in [-0.15, -0.1) is 0 Å². The number of H-pyrrole nitrogens is 1. The van der Waals surface area contributed by atoms with Crippen molar-refractivity contribution in [3.05, 3.63) is 69.9 Å². The monoisotopic (exact) mass is 387 g/mol. The van der Waals surface area contributed by atoms with Gasteiger partial charge in [0.25, 0.3) is 5.69 Å². The second kappa shape index (κ2) is 6.45. The maximum Gasteiger partial charge on any atom is 0.269 e. The first-order chi connectivity index (χ1) is 12.9. The van der Waals surface area contributed by atoms with Crippen molar-refractivity contribution in [2.45, 2.75) is 23.9 Å². The van der Waals surface area contributed by atoms with Crippen LogP contribution in [0.3, 0.4) is 0 Å². The molecule has 1 aromatic heterocycles. The highest BCUT2D eigenvalue weighted by molar-refractivity contribution is 7.89. The van der Waals surface area contributed by atoms with Crippen LogP contribution in [-0.4, -0.2) is 40.4 Å². The lowest BCUT2D eigenvalue weighted by Crippen LogP contribution is -2.46. The molecule has 0 bridgehead atoms. The molecule has 9 heteroatoms. The van der Waals surface area contributed by atoms with Crippen LogP contribution in [0.2, 0.25) is 0 Å². The number of sulfonamides is 1. The summed E-state index contributed by atoms with van der Waals surface area (Å²) in [4.78, 5) is 13.4. The van der Waals surface area contributed by atoms with Crippen molar-refractivity contribution in [2.24, 2.45) is 0 Å². The maximum absolute atomic E-state index is 13.1. The second-order valence-electron chi connectivity index (χ2n) is 6.47. The third-order valence-corrected chi connectivity index (χ3v) is 6.84. The Kier molecular flexibility index (Phi) is 4.22. The number of aromatic amines is 1. The van der Waals surface area contributed by atoms with Gasteiger partial charge >= 0.3 is 0 Å². The molecule has 0 amide bonds. The van der Waals surface area contributed by atoms with Gasteiger partial charge in [0.05, 0.1) is 29.0 Å². The molecular weight excluding hydrogens is 370 g/mol. The van der Waals surface area contributed by atoms with Crippen LogP contribution in [0.5, 0.6) is 0 Å². The van der Waals surface area contributed by atoms with Gasteiger partial charge in [0, 0.05) is 28.7 Å². The van der Waals surface area contributed by atoms with Gasteiger partial charge < -0.3 is 10.1 Å². The standard InChI is InChI=1S/C18H17N3O5S/c22-11-13-9-16-15-3-1-2-4-17(15)19-18(16)10-20(13)27(25,26)14-7-5-12(6-8-14)21(23)24/h1-8,13,19,22H,9-11H2. The summed E-state index contributed by atoms with van der Waals surface area (Å²) in [5.74, 6) is 0. The van der Waals surface area contributed by atoms with Gasteiger partial charge in [-0.25, -0.2) is 8.42 Å². The number of fused-ring (bicyclic) bond motifs is 3. The van der Waals surface area contributed by atoms with Gasteiger partial charge in [0.2, 0.25) is 10.0 Å². The lowest BCUT2D eigenvalue weighted by atomic mass is 9.99. The molecule has 4 rings (SSSR count). The topological polar surface area (TPSA) is 117 Å². The molecule has 1 atom stereocenters. The van der Waals surface area contributed by atoms with Gasteiger partial charge in [-0.3, -0.25) is 10.1 Å². The highest BCUT2D eigenvalue weighted by atomic mass is 32.2. The molecule has 0 aliphatic carbocycles. The van der Waals surface area contributed by atoms with E-state index in [1.807, 2.05) is 24.3 Å². The Morgan fingerprint density at radius 3 is 2.56 bits per heavy atom. The number of non-ortho nitro benzene ring substituents is 1. The molecule has 0 radical (unpaired) electrons. The summed E-state index contributed by atoms with van der Waals surface area (Å²) in [6, 6.07) is 11.9. The van der Waals surface area contributed by atoms with Crippen LogP contribution in [0.15, 0.2) is 53.4 Å². The number of aliphatic hydroxyl groups is 1. The van der Waals surface area contributed by atoms with Crippen LogP contribution in [0.1, 0.15) is 11.3 Å². The number of hydrogen-bond acceptors (Lipinski definition) is 5. The molecule has 2 N–H and O–H groups in total. The Balaban J connectivity index is 1.74. The van der Waals surface area contributed by atoms with E-state index in [1.165, 1.54) is 28.6 Å². The fraction of sp³-hybridized carbons (Fsp3) is 0.222. The first-order valence-electron chi connectivity index (χ1n) is 8.37. The zero-order valence-electron chi connectivity index (χ0n) is 14.2. The fourth-order valence-electron chi connectivity index (χ4n) is 3.56. The molecule has 1 unspecified atom stereocenters. The van der Waals surface area contributed by atoms with Crippen LogP contribution >= 0.6 is 0 Å². The van der Waals surface area contributed by atoms with Crippen molar-refractivity contribution in [3.8, 4) is 0 Å². The molecule has 2 aromatic carbocycles. The van der Waals surface area contributed by atoms with E-state index in [4.69, 9.17) is 0 Å². The average molecular weight is 387 g/mol. The fourth-order valence-corrected chi connectivity index (χ4v) is 5.14. The molecule has 1 aliphatic heterocycles. The lowest BCUT2D eigenvalue weighted by molar-refractivity contribution is -0.384. The Morgan fingerprint density at radius 1 is 1.19 bits per heavy atom. The van der Waals surface area contributed by atoms with Gasteiger partial charge in [-0.1, -0.05) is 18.2 Å². The molecule has 140 valence electrons. The minimum atomic E-state index is -3.92. The number of para-hydroxylation sites is 1. The number of hydrogen-bond donors (Lipinski definition) is 2. The van der Waals surface area contributed by atoms with Gasteiger partial charge in [-0.2, -0.15) is 4.31 Å². The van der Waals surface area contributed by atoms with Crippen molar-refractivity contribution in [1.82, 2.24) is 9.29 Å². The number of nitrogens with zero attached hydrogens (tertiary/aromatic N) is 2. The van der Waals surface area contributed by atoms with E-state index < -0.39 is 21.0 Å². The Labute approximate surface area is 155 Å². The van der Waals surface area contributed by atoms with Crippen molar-refractivity contribution < 1.29 is 18.4 Å². The molecule has 27 heavy (non-hydrogen) atoms. The largest absolute Gasteiger partial charge is 0.395 e. The number of nitro groups is 1. The Bertz CT molecular complexity index is 1120. The molecule has 0 fully saturated rings. The second-order valence-corrected chi connectivity index (χ2v) is 8.36. The number of nitrogens with one attached hydrogen (secondary N) is 1.